The Bertz CT molecular complexity index is 498. The second-order valence-electron chi connectivity index (χ2n) is 5.11. The number of aliphatic imine (C=N–C) groups is 1. The first-order chi connectivity index (χ1) is 10.2. The van der Waals surface area contributed by atoms with Crippen LogP contribution in [0.15, 0.2) is 16.4 Å². The molecule has 1 aromatic rings. The normalized spacial score (nSPS) is 14.8. The molecule has 1 aromatic heterocycles. The zero-order chi connectivity index (χ0) is 15.1. The maximum Gasteiger partial charge on any atom is 0.224 e. The highest BCUT2D eigenvalue weighted by molar-refractivity contribution is 7.10. The zero-order valence-electron chi connectivity index (χ0n) is 12.8. The first-order valence-electron chi connectivity index (χ1n) is 7.52. The molecule has 21 heavy (non-hydrogen) atoms. The number of carbonyl (C=O) groups is 1. The van der Waals surface area contributed by atoms with Gasteiger partial charge in [0, 0.05) is 44.5 Å². The van der Waals surface area contributed by atoms with Crippen LogP contribution in [0.3, 0.4) is 0 Å². The Balaban J connectivity index is 1.73. The number of hydrogen-bond donors (Lipinski definition) is 2. The van der Waals surface area contributed by atoms with E-state index >= 15 is 0 Å². The highest BCUT2D eigenvalue weighted by atomic mass is 32.1. The molecule has 6 heteroatoms. The van der Waals surface area contributed by atoms with Crippen LogP contribution in [0.5, 0.6) is 0 Å². The highest BCUT2D eigenvalue weighted by Gasteiger charge is 2.20. The summed E-state index contributed by atoms with van der Waals surface area (Å²) in [6.07, 6.45) is 2.55. The van der Waals surface area contributed by atoms with Crippen LogP contribution in [0.2, 0.25) is 0 Å². The second-order valence-corrected chi connectivity index (χ2v) is 6.11. The molecule has 5 nitrogen and oxygen atoms in total. The molecule has 0 spiro atoms. The van der Waals surface area contributed by atoms with Crippen LogP contribution in [0.25, 0.3) is 0 Å². The summed E-state index contributed by atoms with van der Waals surface area (Å²) in [5, 5.41) is 8.49. The van der Waals surface area contributed by atoms with Gasteiger partial charge in [-0.05, 0) is 29.9 Å². The van der Waals surface area contributed by atoms with Crippen LogP contribution in [-0.4, -0.2) is 43.4 Å². The Morgan fingerprint density at radius 3 is 3.00 bits per heavy atom. The number of rotatable bonds is 5. The molecule has 1 aliphatic rings. The lowest BCUT2D eigenvalue weighted by atomic mass is 10.1. The molecule has 0 aromatic carbocycles. The van der Waals surface area contributed by atoms with Gasteiger partial charge in [0.2, 0.25) is 5.91 Å². The van der Waals surface area contributed by atoms with E-state index < -0.39 is 0 Å². The minimum Gasteiger partial charge on any atom is -0.356 e. The van der Waals surface area contributed by atoms with Crippen molar-refractivity contribution in [3.05, 3.63) is 21.9 Å². The van der Waals surface area contributed by atoms with Gasteiger partial charge in [-0.2, -0.15) is 0 Å². The quantitative estimate of drug-likeness (QED) is 0.642. The van der Waals surface area contributed by atoms with E-state index in [1.54, 1.807) is 18.4 Å². The summed E-state index contributed by atoms with van der Waals surface area (Å²) < 4.78 is 0. The van der Waals surface area contributed by atoms with Crippen molar-refractivity contribution in [2.24, 2.45) is 4.99 Å². The summed E-state index contributed by atoms with van der Waals surface area (Å²) in [4.78, 5) is 19.8. The van der Waals surface area contributed by atoms with E-state index in [0.717, 1.165) is 38.4 Å². The maximum absolute atomic E-state index is 12.2. The van der Waals surface area contributed by atoms with E-state index in [-0.39, 0.29) is 5.91 Å². The highest BCUT2D eigenvalue weighted by Crippen LogP contribution is 2.24. The molecule has 0 fully saturated rings. The topological polar surface area (TPSA) is 56.7 Å². The van der Waals surface area contributed by atoms with E-state index in [9.17, 15) is 4.79 Å². The summed E-state index contributed by atoms with van der Waals surface area (Å²) in [5.74, 6) is 0.980. The third kappa shape index (κ3) is 4.46. The van der Waals surface area contributed by atoms with Crippen LogP contribution < -0.4 is 10.6 Å². The lowest BCUT2D eigenvalue weighted by molar-refractivity contribution is -0.131. The number of thiophene rings is 1. The fraction of sp³-hybridized carbons (Fsp3) is 0.600. The molecule has 2 N–H and O–H groups in total. The van der Waals surface area contributed by atoms with E-state index in [1.807, 2.05) is 4.90 Å². The average Bonchev–Trinajstić information content (AvgIpc) is 2.97. The second kappa shape index (κ2) is 8.02. The van der Waals surface area contributed by atoms with Crippen molar-refractivity contribution < 1.29 is 4.79 Å². The SMILES string of the molecule is CCCNC(=NC)NCCC(=O)N1CCc2sccc2C1. The summed E-state index contributed by atoms with van der Waals surface area (Å²) in [5.41, 5.74) is 1.31. The average molecular weight is 308 g/mol. The van der Waals surface area contributed by atoms with Crippen LogP contribution in [0, 0.1) is 0 Å². The monoisotopic (exact) mass is 308 g/mol. The van der Waals surface area contributed by atoms with Gasteiger partial charge in [0.05, 0.1) is 0 Å². The Morgan fingerprint density at radius 1 is 1.43 bits per heavy atom. The third-order valence-corrected chi connectivity index (χ3v) is 4.58. The summed E-state index contributed by atoms with van der Waals surface area (Å²) in [6.45, 7) is 5.23. The Kier molecular flexibility index (Phi) is 6.04. The molecule has 2 heterocycles. The Labute approximate surface area is 130 Å². The van der Waals surface area contributed by atoms with Gasteiger partial charge in [-0.25, -0.2) is 0 Å². The lowest BCUT2D eigenvalue weighted by Crippen LogP contribution is -2.41. The molecule has 0 bridgehead atoms. The summed E-state index contributed by atoms with van der Waals surface area (Å²) >= 11 is 1.80. The first kappa shape index (κ1) is 15.8. The van der Waals surface area contributed by atoms with Crippen LogP contribution in [0.4, 0.5) is 0 Å². The molecule has 0 aliphatic carbocycles. The first-order valence-corrected chi connectivity index (χ1v) is 8.40. The number of guanidine groups is 1. The van der Waals surface area contributed by atoms with Crippen molar-refractivity contribution in [1.82, 2.24) is 15.5 Å². The van der Waals surface area contributed by atoms with Gasteiger partial charge in [-0.3, -0.25) is 9.79 Å². The van der Waals surface area contributed by atoms with Crippen LogP contribution in [0.1, 0.15) is 30.2 Å². The Hall–Kier alpha value is -1.56. The summed E-state index contributed by atoms with van der Waals surface area (Å²) in [6, 6.07) is 2.13. The third-order valence-electron chi connectivity index (χ3n) is 3.56. The molecule has 2 rings (SSSR count). The molecule has 0 saturated carbocycles. The minimum atomic E-state index is 0.213. The van der Waals surface area contributed by atoms with Gasteiger partial charge in [0.15, 0.2) is 5.96 Å². The molecule has 0 atom stereocenters. The van der Waals surface area contributed by atoms with Crippen molar-refractivity contribution in [2.45, 2.75) is 32.7 Å². The van der Waals surface area contributed by atoms with E-state index in [4.69, 9.17) is 0 Å². The number of nitrogens with zero attached hydrogens (tertiary/aromatic N) is 2. The van der Waals surface area contributed by atoms with E-state index in [1.165, 1.54) is 10.4 Å². The number of hydrogen-bond acceptors (Lipinski definition) is 3. The van der Waals surface area contributed by atoms with Gasteiger partial charge in [-0.15, -0.1) is 11.3 Å². The molecule has 116 valence electrons. The van der Waals surface area contributed by atoms with Crippen molar-refractivity contribution in [3.8, 4) is 0 Å². The minimum absolute atomic E-state index is 0.213. The van der Waals surface area contributed by atoms with E-state index in [0.29, 0.717) is 13.0 Å². The molecule has 0 saturated heterocycles. The van der Waals surface area contributed by atoms with Crippen molar-refractivity contribution in [2.75, 3.05) is 26.7 Å². The number of amides is 1. The smallest absolute Gasteiger partial charge is 0.224 e. The van der Waals surface area contributed by atoms with Gasteiger partial charge < -0.3 is 15.5 Å². The molecule has 1 aliphatic heterocycles. The van der Waals surface area contributed by atoms with Crippen molar-refractivity contribution in [1.29, 1.82) is 0 Å². The van der Waals surface area contributed by atoms with Gasteiger partial charge >= 0.3 is 0 Å². The van der Waals surface area contributed by atoms with Gasteiger partial charge in [0.25, 0.3) is 0 Å². The molecular formula is C15H24N4OS. The zero-order valence-corrected chi connectivity index (χ0v) is 13.6. The molecule has 0 radical (unpaired) electrons. The van der Waals surface area contributed by atoms with Gasteiger partial charge in [0.1, 0.15) is 0 Å². The standard InChI is InChI=1S/C15H24N4OS/c1-3-7-17-15(16-2)18-8-4-14(20)19-9-5-13-12(11-19)6-10-21-13/h6,10H,3-5,7-9,11H2,1-2H3,(H2,16,17,18). The fourth-order valence-electron chi connectivity index (χ4n) is 2.37. The van der Waals surface area contributed by atoms with Crippen molar-refractivity contribution in [3.63, 3.8) is 0 Å². The molecule has 0 unspecified atom stereocenters. The summed E-state index contributed by atoms with van der Waals surface area (Å²) in [7, 11) is 1.75. The van der Waals surface area contributed by atoms with Gasteiger partial charge in [-0.1, -0.05) is 6.92 Å². The fourth-order valence-corrected chi connectivity index (χ4v) is 3.26. The van der Waals surface area contributed by atoms with Crippen molar-refractivity contribution >= 4 is 23.2 Å². The largest absolute Gasteiger partial charge is 0.356 e. The molecule has 1 amide bonds. The van der Waals surface area contributed by atoms with Crippen LogP contribution >= 0.6 is 11.3 Å². The number of carbonyl (C=O) groups excluding carboxylic acids is 1. The predicted molar refractivity (Wildman–Crippen MR) is 87.7 cm³/mol. The maximum atomic E-state index is 12.2. The Morgan fingerprint density at radius 2 is 2.24 bits per heavy atom. The van der Waals surface area contributed by atoms with E-state index in [2.05, 4.69) is 34.0 Å². The predicted octanol–water partition coefficient (Wildman–Crippen LogP) is 1.60. The number of nitrogens with one attached hydrogen (secondary N) is 2. The lowest BCUT2D eigenvalue weighted by Gasteiger charge is -2.27. The number of fused-ring (bicyclic) bond motifs is 1. The molecular weight excluding hydrogens is 284 g/mol. The van der Waals surface area contributed by atoms with Crippen LogP contribution in [-0.2, 0) is 17.8 Å².